The van der Waals surface area contributed by atoms with E-state index in [2.05, 4.69) is 20.9 Å². The molecule has 2 heterocycles. The monoisotopic (exact) mass is 282 g/mol. The van der Waals surface area contributed by atoms with Crippen molar-refractivity contribution in [3.05, 3.63) is 0 Å². The van der Waals surface area contributed by atoms with Crippen LogP contribution in [0.2, 0.25) is 0 Å². The van der Waals surface area contributed by atoms with Gasteiger partial charge < -0.3 is 20.9 Å². The van der Waals surface area contributed by atoms with E-state index in [-0.39, 0.29) is 0 Å². The maximum Gasteiger partial charge on any atom is 0.0192 e. The van der Waals surface area contributed by atoms with E-state index in [1.54, 1.807) is 0 Å². The first-order valence-electron chi connectivity index (χ1n) is 8.82. The highest BCUT2D eigenvalue weighted by Crippen LogP contribution is 2.07. The lowest BCUT2D eigenvalue weighted by Gasteiger charge is -2.26. The number of nitrogens with one attached hydrogen (secondary N) is 3. The van der Waals surface area contributed by atoms with Gasteiger partial charge in [-0.25, -0.2) is 0 Å². The molecule has 4 heteroatoms. The zero-order chi connectivity index (χ0) is 13.9. The van der Waals surface area contributed by atoms with Gasteiger partial charge in [0.25, 0.3) is 0 Å². The number of likely N-dealkylation sites (tertiary alicyclic amines) is 1. The van der Waals surface area contributed by atoms with Gasteiger partial charge in [0.15, 0.2) is 0 Å². The summed E-state index contributed by atoms with van der Waals surface area (Å²) in [4.78, 5) is 2.60. The largest absolute Gasteiger partial charge is 0.315 e. The molecule has 0 saturated carbocycles. The van der Waals surface area contributed by atoms with Crippen molar-refractivity contribution in [2.24, 2.45) is 0 Å². The molecule has 3 N–H and O–H groups in total. The predicted molar refractivity (Wildman–Crippen MR) is 86.3 cm³/mol. The summed E-state index contributed by atoms with van der Waals surface area (Å²) >= 11 is 0. The Morgan fingerprint density at radius 1 is 0.900 bits per heavy atom. The minimum Gasteiger partial charge on any atom is -0.315 e. The molecule has 1 atom stereocenters. The molecule has 0 bridgehead atoms. The van der Waals surface area contributed by atoms with Gasteiger partial charge in [0, 0.05) is 25.7 Å². The second-order valence-electron chi connectivity index (χ2n) is 6.36. The molecule has 0 spiro atoms. The summed E-state index contributed by atoms with van der Waals surface area (Å²) in [5, 5.41) is 10.7. The van der Waals surface area contributed by atoms with E-state index in [1.165, 1.54) is 71.1 Å². The fraction of sp³-hybridized carbons (Fsp3) is 1.00. The minimum absolute atomic E-state index is 0.718. The molecule has 2 rings (SSSR count). The van der Waals surface area contributed by atoms with Crippen LogP contribution in [0.15, 0.2) is 0 Å². The van der Waals surface area contributed by atoms with E-state index in [9.17, 15) is 0 Å². The normalized spacial score (nSPS) is 24.9. The predicted octanol–water partition coefficient (Wildman–Crippen LogP) is 1.18. The summed E-state index contributed by atoms with van der Waals surface area (Å²) in [6, 6.07) is 0.718. The lowest BCUT2D eigenvalue weighted by Crippen LogP contribution is -2.42. The Balaban J connectivity index is 1.33. The fourth-order valence-corrected chi connectivity index (χ4v) is 3.26. The molecular formula is C16H34N4. The summed E-state index contributed by atoms with van der Waals surface area (Å²) in [5.41, 5.74) is 0. The maximum absolute atomic E-state index is 3.58. The lowest BCUT2D eigenvalue weighted by atomic mass is 10.1. The third-order valence-corrected chi connectivity index (χ3v) is 4.56. The first kappa shape index (κ1) is 16.2. The Morgan fingerprint density at radius 3 is 2.55 bits per heavy atom. The third-order valence-electron chi connectivity index (χ3n) is 4.56. The van der Waals surface area contributed by atoms with Crippen molar-refractivity contribution in [3.8, 4) is 0 Å². The average molecular weight is 282 g/mol. The van der Waals surface area contributed by atoms with Gasteiger partial charge in [0.2, 0.25) is 0 Å². The van der Waals surface area contributed by atoms with Crippen LogP contribution < -0.4 is 16.0 Å². The minimum atomic E-state index is 0.718. The van der Waals surface area contributed by atoms with Gasteiger partial charge in [-0.1, -0.05) is 12.8 Å². The Labute approximate surface area is 125 Å². The molecule has 0 aromatic carbocycles. The summed E-state index contributed by atoms with van der Waals surface area (Å²) < 4.78 is 0. The quantitative estimate of drug-likeness (QED) is 0.556. The number of hydrogen-bond donors (Lipinski definition) is 3. The first-order chi connectivity index (χ1) is 9.95. The summed E-state index contributed by atoms with van der Waals surface area (Å²) in [7, 11) is 0. The molecule has 4 nitrogen and oxygen atoms in total. The van der Waals surface area contributed by atoms with Crippen LogP contribution in [0, 0.1) is 0 Å². The number of piperidine rings is 2. The first-order valence-corrected chi connectivity index (χ1v) is 8.82. The molecule has 20 heavy (non-hydrogen) atoms. The van der Waals surface area contributed by atoms with Gasteiger partial charge in [-0.15, -0.1) is 0 Å². The van der Waals surface area contributed by atoms with Gasteiger partial charge in [-0.05, 0) is 64.8 Å². The van der Waals surface area contributed by atoms with Crippen molar-refractivity contribution in [1.29, 1.82) is 0 Å². The number of nitrogens with zero attached hydrogens (tertiary/aromatic N) is 1. The molecule has 0 aromatic heterocycles. The van der Waals surface area contributed by atoms with Gasteiger partial charge in [-0.2, -0.15) is 0 Å². The van der Waals surface area contributed by atoms with Crippen LogP contribution in [0.3, 0.4) is 0 Å². The molecule has 118 valence electrons. The molecule has 0 aromatic rings. The van der Waals surface area contributed by atoms with Crippen LogP contribution in [-0.2, 0) is 0 Å². The second kappa shape index (κ2) is 10.6. The standard InChI is InChI=1S/C16H34N4/c1-4-12-20(13-5-1)14-11-17-8-6-9-18-15-16-7-2-3-10-19-16/h16-19H,1-15H2. The van der Waals surface area contributed by atoms with Gasteiger partial charge >= 0.3 is 0 Å². The van der Waals surface area contributed by atoms with Crippen LogP contribution in [0.4, 0.5) is 0 Å². The van der Waals surface area contributed by atoms with Crippen molar-refractivity contribution in [3.63, 3.8) is 0 Å². The highest BCUT2D eigenvalue weighted by atomic mass is 15.1. The van der Waals surface area contributed by atoms with E-state index in [0.717, 1.165) is 32.2 Å². The van der Waals surface area contributed by atoms with Crippen LogP contribution in [-0.4, -0.2) is 63.3 Å². The van der Waals surface area contributed by atoms with Crippen LogP contribution >= 0.6 is 0 Å². The summed E-state index contributed by atoms with van der Waals surface area (Å²) in [6.07, 6.45) is 9.59. The highest BCUT2D eigenvalue weighted by Gasteiger charge is 2.11. The third kappa shape index (κ3) is 7.02. The van der Waals surface area contributed by atoms with Crippen molar-refractivity contribution >= 4 is 0 Å². The van der Waals surface area contributed by atoms with Crippen LogP contribution in [0.25, 0.3) is 0 Å². The second-order valence-corrected chi connectivity index (χ2v) is 6.36. The maximum atomic E-state index is 3.58. The van der Waals surface area contributed by atoms with Crippen LogP contribution in [0.1, 0.15) is 44.9 Å². The summed E-state index contributed by atoms with van der Waals surface area (Å²) in [6.45, 7) is 9.69. The van der Waals surface area contributed by atoms with E-state index < -0.39 is 0 Å². The van der Waals surface area contributed by atoms with Crippen molar-refractivity contribution in [2.75, 3.05) is 52.4 Å². The SMILES string of the molecule is C1CCN(CCNCCCNCC2CCCCN2)CC1. The molecular weight excluding hydrogens is 248 g/mol. The van der Waals surface area contributed by atoms with E-state index in [4.69, 9.17) is 0 Å². The molecule has 2 saturated heterocycles. The topological polar surface area (TPSA) is 39.3 Å². The van der Waals surface area contributed by atoms with E-state index in [0.29, 0.717) is 0 Å². The van der Waals surface area contributed by atoms with Crippen molar-refractivity contribution in [1.82, 2.24) is 20.9 Å². The Bertz CT molecular complexity index is 199. The molecule has 2 aliphatic rings. The average Bonchev–Trinajstić information content (AvgIpc) is 2.52. The van der Waals surface area contributed by atoms with Crippen LogP contribution in [0.5, 0.6) is 0 Å². The summed E-state index contributed by atoms with van der Waals surface area (Å²) in [5.74, 6) is 0. The zero-order valence-electron chi connectivity index (χ0n) is 13.1. The zero-order valence-corrected chi connectivity index (χ0v) is 13.1. The lowest BCUT2D eigenvalue weighted by molar-refractivity contribution is 0.229. The molecule has 0 radical (unpaired) electrons. The van der Waals surface area contributed by atoms with E-state index in [1.807, 2.05) is 0 Å². The molecule has 1 unspecified atom stereocenters. The Hall–Kier alpha value is -0.160. The molecule has 0 aliphatic carbocycles. The fourth-order valence-electron chi connectivity index (χ4n) is 3.26. The molecule has 2 aliphatic heterocycles. The van der Waals surface area contributed by atoms with Crippen molar-refractivity contribution < 1.29 is 0 Å². The number of rotatable bonds is 9. The van der Waals surface area contributed by atoms with Gasteiger partial charge in [0.1, 0.15) is 0 Å². The molecule has 0 amide bonds. The highest BCUT2D eigenvalue weighted by molar-refractivity contribution is 4.74. The van der Waals surface area contributed by atoms with Gasteiger partial charge in [-0.3, -0.25) is 0 Å². The Kier molecular flexibility index (Phi) is 8.55. The molecule has 2 fully saturated rings. The van der Waals surface area contributed by atoms with E-state index >= 15 is 0 Å². The van der Waals surface area contributed by atoms with Crippen molar-refractivity contribution in [2.45, 2.75) is 51.0 Å². The number of hydrogen-bond acceptors (Lipinski definition) is 4. The van der Waals surface area contributed by atoms with Gasteiger partial charge in [0.05, 0.1) is 0 Å². The smallest absolute Gasteiger partial charge is 0.0192 e. The Morgan fingerprint density at radius 2 is 1.75 bits per heavy atom.